The Hall–Kier alpha value is -1.88. The highest BCUT2D eigenvalue weighted by Gasteiger charge is 2.20. The van der Waals surface area contributed by atoms with Gasteiger partial charge in [0.25, 0.3) is 5.91 Å². The third-order valence-corrected chi connectivity index (χ3v) is 2.39. The number of hydrogen-bond acceptors (Lipinski definition) is 4. The van der Waals surface area contributed by atoms with Crippen molar-refractivity contribution >= 4 is 11.7 Å². The second-order valence-electron chi connectivity index (χ2n) is 3.76. The zero-order valence-corrected chi connectivity index (χ0v) is 8.92. The largest absolute Gasteiger partial charge is 0.331 e. The summed E-state index contributed by atoms with van der Waals surface area (Å²) in [5, 5.41) is 8.33. The first kappa shape index (κ1) is 10.6. The maximum atomic E-state index is 10.8. The first-order valence-electron chi connectivity index (χ1n) is 5.05. The minimum atomic E-state index is -0.543. The van der Waals surface area contributed by atoms with Crippen LogP contribution in [0, 0.1) is 0 Å². The number of allylic oxidation sites excluding steroid dienone is 3. The Labute approximate surface area is 93.4 Å². The van der Waals surface area contributed by atoms with Gasteiger partial charge in [-0.1, -0.05) is 0 Å². The molecule has 0 aromatic rings. The van der Waals surface area contributed by atoms with Crippen molar-refractivity contribution in [3.63, 3.8) is 0 Å². The van der Waals surface area contributed by atoms with E-state index in [1.807, 2.05) is 18.4 Å². The maximum absolute atomic E-state index is 10.8. The van der Waals surface area contributed by atoms with Crippen molar-refractivity contribution in [1.82, 2.24) is 10.4 Å². The van der Waals surface area contributed by atoms with Gasteiger partial charge in [0.05, 0.1) is 6.04 Å². The molecule has 1 atom stereocenters. The highest BCUT2D eigenvalue weighted by atomic mass is 16.5. The van der Waals surface area contributed by atoms with Crippen LogP contribution in [0.3, 0.4) is 0 Å². The predicted octanol–water partition coefficient (Wildman–Crippen LogP) is 0.604. The molecule has 1 amide bonds. The van der Waals surface area contributed by atoms with Gasteiger partial charge in [-0.15, -0.1) is 0 Å². The topological polar surface area (TPSA) is 64.9 Å². The van der Waals surface area contributed by atoms with E-state index in [1.165, 1.54) is 6.08 Å². The van der Waals surface area contributed by atoms with Gasteiger partial charge in [0.1, 0.15) is 5.84 Å². The van der Waals surface area contributed by atoms with Gasteiger partial charge < -0.3 is 4.90 Å². The van der Waals surface area contributed by atoms with E-state index in [1.54, 1.807) is 11.6 Å². The summed E-state index contributed by atoms with van der Waals surface area (Å²) in [6.07, 6.45) is 8.65. The van der Waals surface area contributed by atoms with Crippen molar-refractivity contribution in [3.05, 3.63) is 36.1 Å². The highest BCUT2D eigenvalue weighted by Crippen LogP contribution is 2.17. The molecule has 0 aromatic heterocycles. The Morgan fingerprint density at radius 3 is 3.31 bits per heavy atom. The Morgan fingerprint density at radius 2 is 2.56 bits per heavy atom. The van der Waals surface area contributed by atoms with Crippen molar-refractivity contribution in [2.24, 2.45) is 4.99 Å². The smallest absolute Gasteiger partial charge is 0.267 e. The Bertz CT molecular complexity index is 421. The molecule has 16 heavy (non-hydrogen) atoms. The lowest BCUT2D eigenvalue weighted by Crippen LogP contribution is -2.23. The number of fused-ring (bicyclic) bond motifs is 1. The van der Waals surface area contributed by atoms with Gasteiger partial charge in [-0.2, -0.15) is 0 Å². The number of amides is 1. The number of hydroxylamine groups is 1. The van der Waals surface area contributed by atoms with Crippen LogP contribution < -0.4 is 5.48 Å². The number of carbonyl (C=O) groups is 1. The molecular formula is C11H13N3O2. The lowest BCUT2D eigenvalue weighted by atomic mass is 10.1. The van der Waals surface area contributed by atoms with Gasteiger partial charge in [0, 0.05) is 18.8 Å². The molecule has 1 unspecified atom stereocenters. The monoisotopic (exact) mass is 219 g/mol. The van der Waals surface area contributed by atoms with Crippen molar-refractivity contribution < 1.29 is 10.0 Å². The molecule has 84 valence electrons. The Balaban J connectivity index is 2.11. The van der Waals surface area contributed by atoms with E-state index in [-0.39, 0.29) is 0 Å². The quantitative estimate of drug-likeness (QED) is 0.406. The van der Waals surface area contributed by atoms with Crippen LogP contribution in [-0.4, -0.2) is 34.4 Å². The normalized spacial score (nSPS) is 23.1. The van der Waals surface area contributed by atoms with E-state index in [0.29, 0.717) is 6.04 Å². The van der Waals surface area contributed by atoms with Crippen molar-refractivity contribution in [1.29, 1.82) is 0 Å². The number of hydrogen-bond donors (Lipinski definition) is 2. The number of carbonyl (C=O) groups excluding carboxylic acids is 1. The molecule has 0 saturated carbocycles. The van der Waals surface area contributed by atoms with Gasteiger partial charge in [0.15, 0.2) is 0 Å². The Morgan fingerprint density at radius 1 is 1.75 bits per heavy atom. The van der Waals surface area contributed by atoms with Crippen LogP contribution in [0.4, 0.5) is 0 Å². The molecule has 0 radical (unpaired) electrons. The van der Waals surface area contributed by atoms with E-state index in [9.17, 15) is 4.79 Å². The van der Waals surface area contributed by atoms with Gasteiger partial charge in [-0.3, -0.25) is 15.0 Å². The molecule has 2 N–H and O–H groups in total. The van der Waals surface area contributed by atoms with Crippen LogP contribution in [0.15, 0.2) is 41.1 Å². The minimum absolute atomic E-state index is 0.306. The maximum Gasteiger partial charge on any atom is 0.267 e. The molecule has 5 heteroatoms. The summed E-state index contributed by atoms with van der Waals surface area (Å²) in [5.74, 6) is 0.373. The molecule has 5 nitrogen and oxygen atoms in total. The molecule has 0 saturated heterocycles. The van der Waals surface area contributed by atoms with Crippen LogP contribution in [0.25, 0.3) is 0 Å². The molecular weight excluding hydrogens is 206 g/mol. The van der Waals surface area contributed by atoms with Gasteiger partial charge in [-0.05, 0) is 30.7 Å². The summed E-state index contributed by atoms with van der Waals surface area (Å²) in [6.45, 7) is 2.96. The molecule has 0 aromatic carbocycles. The fraction of sp³-hybridized carbons (Fsp3) is 0.273. The summed E-state index contributed by atoms with van der Waals surface area (Å²) in [6, 6.07) is 0.306. The van der Waals surface area contributed by atoms with E-state index >= 15 is 0 Å². The average Bonchev–Trinajstić information content (AvgIpc) is 2.65. The third-order valence-electron chi connectivity index (χ3n) is 2.39. The first-order valence-corrected chi connectivity index (χ1v) is 5.05. The molecule has 2 aliphatic rings. The molecule has 2 heterocycles. The van der Waals surface area contributed by atoms with E-state index < -0.39 is 5.91 Å². The number of aliphatic imine (C=N–C) groups is 1. The fourth-order valence-corrected chi connectivity index (χ4v) is 1.66. The van der Waals surface area contributed by atoms with Crippen molar-refractivity contribution in [2.45, 2.75) is 13.0 Å². The van der Waals surface area contributed by atoms with Gasteiger partial charge in [0.2, 0.25) is 0 Å². The molecule has 0 aliphatic carbocycles. The lowest BCUT2D eigenvalue weighted by Gasteiger charge is -2.17. The van der Waals surface area contributed by atoms with Crippen LogP contribution >= 0.6 is 0 Å². The van der Waals surface area contributed by atoms with Crippen molar-refractivity contribution in [2.75, 3.05) is 6.54 Å². The number of nitrogens with zero attached hydrogens (tertiary/aromatic N) is 2. The van der Waals surface area contributed by atoms with Gasteiger partial charge in [-0.25, -0.2) is 5.48 Å². The second-order valence-corrected chi connectivity index (χ2v) is 3.76. The zero-order chi connectivity index (χ0) is 11.5. The van der Waals surface area contributed by atoms with E-state index in [2.05, 4.69) is 16.8 Å². The molecule has 0 spiro atoms. The highest BCUT2D eigenvalue weighted by molar-refractivity contribution is 5.98. The number of rotatable bonds is 2. The predicted molar refractivity (Wildman–Crippen MR) is 59.9 cm³/mol. The van der Waals surface area contributed by atoms with E-state index in [0.717, 1.165) is 18.0 Å². The van der Waals surface area contributed by atoms with Crippen molar-refractivity contribution in [3.8, 4) is 0 Å². The summed E-state index contributed by atoms with van der Waals surface area (Å²) in [5.41, 5.74) is 2.42. The molecule has 0 fully saturated rings. The standard InChI is InChI=1S/C11H13N3O2/c1-8-7-14-5-4-9(6-10(14)12-8)2-3-11(15)13-16/h2-6,8,16H,7H2,1H3,(H,13,15)/b3-2+. The van der Waals surface area contributed by atoms with Crippen LogP contribution in [0.5, 0.6) is 0 Å². The number of nitrogens with one attached hydrogen (secondary N) is 1. The molecule has 2 aliphatic heterocycles. The van der Waals surface area contributed by atoms with Crippen LogP contribution in [0.2, 0.25) is 0 Å². The molecule has 2 rings (SSSR count). The third kappa shape index (κ3) is 2.20. The summed E-state index contributed by atoms with van der Waals surface area (Å²) in [7, 11) is 0. The van der Waals surface area contributed by atoms with Crippen LogP contribution in [0.1, 0.15) is 6.92 Å². The van der Waals surface area contributed by atoms with Crippen LogP contribution in [-0.2, 0) is 4.79 Å². The minimum Gasteiger partial charge on any atom is -0.331 e. The summed E-state index contributed by atoms with van der Waals surface area (Å²) >= 11 is 0. The first-order chi connectivity index (χ1) is 7.69. The summed E-state index contributed by atoms with van der Waals surface area (Å²) < 4.78 is 0. The van der Waals surface area contributed by atoms with Gasteiger partial charge >= 0.3 is 0 Å². The SMILES string of the molecule is CC1CN2C=CC(/C=C/C(=O)NO)=CC2=N1. The summed E-state index contributed by atoms with van der Waals surface area (Å²) in [4.78, 5) is 17.3. The second kappa shape index (κ2) is 4.32. The zero-order valence-electron chi connectivity index (χ0n) is 8.92. The Kier molecular flexibility index (Phi) is 2.87. The average molecular weight is 219 g/mol. The lowest BCUT2D eigenvalue weighted by molar-refractivity contribution is -0.124. The van der Waals surface area contributed by atoms with E-state index in [4.69, 9.17) is 5.21 Å². The number of amidine groups is 1. The fourth-order valence-electron chi connectivity index (χ4n) is 1.66. The molecule has 0 bridgehead atoms.